The third kappa shape index (κ3) is 4.72. The van der Waals surface area contributed by atoms with Crippen LogP contribution >= 0.6 is 0 Å². The number of amides is 1. The molecule has 2 aliphatic heterocycles. The lowest BCUT2D eigenvalue weighted by molar-refractivity contribution is -0.140. The number of ketones is 1. The van der Waals surface area contributed by atoms with Gasteiger partial charge in [0, 0.05) is 17.5 Å². The van der Waals surface area contributed by atoms with E-state index in [0.717, 1.165) is 16.9 Å². The summed E-state index contributed by atoms with van der Waals surface area (Å²) in [5, 5.41) is 11.5. The summed E-state index contributed by atoms with van der Waals surface area (Å²) in [6.07, 6.45) is 0.753. The maximum atomic E-state index is 13.5. The standard InChI is InChI=1S/C31H31NO6/c1-18(2)37-24-12-9-20(10-13-24)28-27(29(33)21-11-14-26-23(16-21)15-19(3)38-26)30(34)31(35)32(28)17-22-7-5-6-8-25(22)36-4/h5-14,16,18-19,28,33H,15,17H2,1-4H3/b29-27-. The number of hydrogen-bond acceptors (Lipinski definition) is 6. The quantitative estimate of drug-likeness (QED) is 0.258. The van der Waals surface area contributed by atoms with Gasteiger partial charge < -0.3 is 24.2 Å². The fraction of sp³-hybridized carbons (Fsp3) is 0.290. The van der Waals surface area contributed by atoms with Gasteiger partial charge in [-0.25, -0.2) is 0 Å². The number of hydrogen-bond donors (Lipinski definition) is 1. The summed E-state index contributed by atoms with van der Waals surface area (Å²) >= 11 is 0. The minimum atomic E-state index is -0.795. The van der Waals surface area contributed by atoms with Crippen LogP contribution in [0, 0.1) is 0 Å². The number of carbonyl (C=O) groups excluding carboxylic acids is 2. The van der Waals surface area contributed by atoms with E-state index in [1.165, 1.54) is 4.90 Å². The van der Waals surface area contributed by atoms with Crippen LogP contribution in [-0.4, -0.2) is 41.0 Å². The number of methoxy groups -OCH3 is 1. The van der Waals surface area contributed by atoms with E-state index < -0.39 is 17.7 Å². The Labute approximate surface area is 222 Å². The molecule has 2 atom stereocenters. The van der Waals surface area contributed by atoms with Crippen molar-refractivity contribution in [1.29, 1.82) is 0 Å². The minimum Gasteiger partial charge on any atom is -0.507 e. The lowest BCUT2D eigenvalue weighted by Crippen LogP contribution is -2.29. The van der Waals surface area contributed by atoms with Gasteiger partial charge in [0.25, 0.3) is 11.7 Å². The molecule has 0 aromatic heterocycles. The predicted octanol–water partition coefficient (Wildman–Crippen LogP) is 5.43. The monoisotopic (exact) mass is 513 g/mol. The van der Waals surface area contributed by atoms with Crippen LogP contribution in [-0.2, 0) is 22.6 Å². The van der Waals surface area contributed by atoms with Gasteiger partial charge in [0.2, 0.25) is 0 Å². The number of aliphatic hydroxyl groups excluding tert-OH is 1. The molecule has 196 valence electrons. The molecule has 1 fully saturated rings. The van der Waals surface area contributed by atoms with Crippen molar-refractivity contribution in [1.82, 2.24) is 4.90 Å². The average Bonchev–Trinajstić information content (AvgIpc) is 3.39. The number of nitrogens with zero attached hydrogens (tertiary/aromatic N) is 1. The van der Waals surface area contributed by atoms with Gasteiger partial charge in [0.15, 0.2) is 0 Å². The van der Waals surface area contributed by atoms with Crippen molar-refractivity contribution in [2.75, 3.05) is 7.11 Å². The first-order chi connectivity index (χ1) is 18.3. The zero-order chi connectivity index (χ0) is 27.0. The van der Waals surface area contributed by atoms with Crippen LogP contribution in [0.5, 0.6) is 17.2 Å². The van der Waals surface area contributed by atoms with Crippen LogP contribution in [0.3, 0.4) is 0 Å². The Morgan fingerprint density at radius 3 is 2.53 bits per heavy atom. The Kier molecular flexibility index (Phi) is 6.85. The molecule has 1 saturated heterocycles. The molecule has 0 saturated carbocycles. The Morgan fingerprint density at radius 2 is 1.82 bits per heavy atom. The van der Waals surface area contributed by atoms with E-state index in [9.17, 15) is 14.7 Å². The molecule has 2 unspecified atom stereocenters. The smallest absolute Gasteiger partial charge is 0.295 e. The zero-order valence-corrected chi connectivity index (χ0v) is 21.9. The Balaban J connectivity index is 1.61. The van der Waals surface area contributed by atoms with Gasteiger partial charge in [-0.1, -0.05) is 30.3 Å². The average molecular weight is 514 g/mol. The van der Waals surface area contributed by atoms with Crippen LogP contribution in [0.15, 0.2) is 72.3 Å². The molecule has 0 spiro atoms. The molecule has 7 nitrogen and oxygen atoms in total. The van der Waals surface area contributed by atoms with Crippen LogP contribution in [0.1, 0.15) is 49.1 Å². The molecule has 0 radical (unpaired) electrons. The first-order valence-electron chi connectivity index (χ1n) is 12.7. The van der Waals surface area contributed by atoms with E-state index in [2.05, 4.69) is 0 Å². The second-order valence-electron chi connectivity index (χ2n) is 9.93. The number of carbonyl (C=O) groups is 2. The molecule has 0 aliphatic carbocycles. The minimum absolute atomic E-state index is 0.00328. The van der Waals surface area contributed by atoms with E-state index in [0.29, 0.717) is 29.0 Å². The van der Waals surface area contributed by atoms with Crippen molar-refractivity contribution in [2.45, 2.75) is 52.0 Å². The van der Waals surface area contributed by atoms with Gasteiger partial charge in [-0.2, -0.15) is 0 Å². The molecule has 5 rings (SSSR count). The largest absolute Gasteiger partial charge is 0.507 e. The van der Waals surface area contributed by atoms with E-state index in [1.54, 1.807) is 19.2 Å². The molecule has 1 N–H and O–H groups in total. The van der Waals surface area contributed by atoms with Gasteiger partial charge >= 0.3 is 0 Å². The number of likely N-dealkylation sites (tertiary alicyclic amines) is 1. The summed E-state index contributed by atoms with van der Waals surface area (Å²) < 4.78 is 17.1. The lowest BCUT2D eigenvalue weighted by Gasteiger charge is -2.26. The van der Waals surface area contributed by atoms with Gasteiger partial charge in [0.05, 0.1) is 31.4 Å². The number of fused-ring (bicyclic) bond motifs is 1. The van der Waals surface area contributed by atoms with Crippen molar-refractivity contribution in [2.24, 2.45) is 0 Å². The summed E-state index contributed by atoms with van der Waals surface area (Å²) in [5.74, 6) is 0.446. The highest BCUT2D eigenvalue weighted by Gasteiger charge is 2.46. The highest BCUT2D eigenvalue weighted by Crippen LogP contribution is 2.42. The first kappa shape index (κ1) is 25.4. The second kappa shape index (κ2) is 10.2. The predicted molar refractivity (Wildman–Crippen MR) is 143 cm³/mol. The molecule has 38 heavy (non-hydrogen) atoms. The Morgan fingerprint density at radius 1 is 1.08 bits per heavy atom. The van der Waals surface area contributed by atoms with Crippen LogP contribution in [0.4, 0.5) is 0 Å². The Bertz CT molecular complexity index is 1410. The van der Waals surface area contributed by atoms with Crippen LogP contribution < -0.4 is 14.2 Å². The maximum absolute atomic E-state index is 13.5. The van der Waals surface area contributed by atoms with Crippen molar-refractivity contribution in [3.63, 3.8) is 0 Å². The molecule has 7 heteroatoms. The number of benzene rings is 3. The summed E-state index contributed by atoms with van der Waals surface area (Å²) in [6, 6.07) is 19.2. The molecule has 1 amide bonds. The zero-order valence-electron chi connectivity index (χ0n) is 21.9. The van der Waals surface area contributed by atoms with Crippen molar-refractivity contribution in [3.8, 4) is 17.2 Å². The molecule has 2 heterocycles. The van der Waals surface area contributed by atoms with Gasteiger partial charge in [-0.3, -0.25) is 9.59 Å². The van der Waals surface area contributed by atoms with Crippen molar-refractivity contribution < 1.29 is 28.9 Å². The van der Waals surface area contributed by atoms with E-state index >= 15 is 0 Å². The fourth-order valence-corrected chi connectivity index (χ4v) is 5.13. The van der Waals surface area contributed by atoms with Gasteiger partial charge in [-0.05, 0) is 68.3 Å². The number of Topliss-reactive ketones (excluding diaryl/α,β-unsaturated/α-hetero) is 1. The highest BCUT2D eigenvalue weighted by atomic mass is 16.5. The molecule has 2 aliphatic rings. The van der Waals surface area contributed by atoms with E-state index in [1.807, 2.05) is 75.4 Å². The second-order valence-corrected chi connectivity index (χ2v) is 9.93. The fourth-order valence-electron chi connectivity index (χ4n) is 5.13. The molecule has 3 aromatic rings. The number of rotatable bonds is 7. The van der Waals surface area contributed by atoms with Crippen molar-refractivity contribution in [3.05, 3.63) is 94.6 Å². The third-order valence-electron chi connectivity index (χ3n) is 6.81. The molecule has 3 aromatic carbocycles. The normalized spacial score (nSPS) is 20.0. The number of aliphatic hydroxyl groups is 1. The lowest BCUT2D eigenvalue weighted by atomic mass is 9.94. The summed E-state index contributed by atoms with van der Waals surface area (Å²) in [5.41, 5.74) is 2.92. The molecular formula is C31H31NO6. The summed E-state index contributed by atoms with van der Waals surface area (Å²) in [7, 11) is 1.57. The Hall–Kier alpha value is -4.26. The number of ether oxygens (including phenoxy) is 3. The van der Waals surface area contributed by atoms with E-state index in [-0.39, 0.29) is 30.1 Å². The van der Waals surface area contributed by atoms with Crippen molar-refractivity contribution >= 4 is 17.4 Å². The van der Waals surface area contributed by atoms with Gasteiger partial charge in [-0.15, -0.1) is 0 Å². The number of para-hydroxylation sites is 1. The highest BCUT2D eigenvalue weighted by molar-refractivity contribution is 6.46. The first-order valence-corrected chi connectivity index (χ1v) is 12.7. The summed E-state index contributed by atoms with van der Waals surface area (Å²) in [6.45, 7) is 6.00. The van der Waals surface area contributed by atoms with E-state index in [4.69, 9.17) is 14.2 Å². The molecular weight excluding hydrogens is 482 g/mol. The van der Waals surface area contributed by atoms with Gasteiger partial charge in [0.1, 0.15) is 29.1 Å². The topological polar surface area (TPSA) is 85.3 Å². The van der Waals surface area contributed by atoms with Crippen LogP contribution in [0.2, 0.25) is 0 Å². The third-order valence-corrected chi connectivity index (χ3v) is 6.81. The summed E-state index contributed by atoms with van der Waals surface area (Å²) in [4.78, 5) is 28.4. The molecule has 0 bridgehead atoms. The van der Waals surface area contributed by atoms with Crippen LogP contribution in [0.25, 0.3) is 5.76 Å². The maximum Gasteiger partial charge on any atom is 0.295 e. The SMILES string of the molecule is COc1ccccc1CN1C(=O)C(=O)/C(=C(\O)c2ccc3c(c2)CC(C)O3)C1c1ccc(OC(C)C)cc1.